The van der Waals surface area contributed by atoms with Gasteiger partial charge in [0.1, 0.15) is 0 Å². The van der Waals surface area contributed by atoms with Gasteiger partial charge in [-0.2, -0.15) is 0 Å². The second kappa shape index (κ2) is 8.56. The summed E-state index contributed by atoms with van der Waals surface area (Å²) < 4.78 is 0. The van der Waals surface area contributed by atoms with Crippen molar-refractivity contribution in [3.8, 4) is 0 Å². The van der Waals surface area contributed by atoms with Crippen molar-refractivity contribution in [2.75, 3.05) is 29.9 Å². The van der Waals surface area contributed by atoms with E-state index in [4.69, 9.17) is 0 Å². The predicted molar refractivity (Wildman–Crippen MR) is 104 cm³/mol. The van der Waals surface area contributed by atoms with E-state index >= 15 is 0 Å². The Bertz CT molecular complexity index is 547. The minimum atomic E-state index is -0.370. The third-order valence-electron chi connectivity index (χ3n) is 4.85. The van der Waals surface area contributed by atoms with Gasteiger partial charge in [-0.3, -0.25) is 0 Å². The summed E-state index contributed by atoms with van der Waals surface area (Å²) in [6.45, 7) is 10.9. The lowest BCUT2D eigenvalue weighted by atomic mass is 9.87. The number of carbonyl (C=O) groups is 1. The van der Waals surface area contributed by atoms with Gasteiger partial charge >= 0.3 is 6.03 Å². The Morgan fingerprint density at radius 3 is 2.44 bits per heavy atom. The number of anilines is 2. The Morgan fingerprint density at radius 2 is 1.88 bits per heavy atom. The molecule has 5 nitrogen and oxygen atoms in total. The molecular formula is C20H33N3O2. The van der Waals surface area contributed by atoms with Crippen LogP contribution in [-0.4, -0.2) is 36.9 Å². The summed E-state index contributed by atoms with van der Waals surface area (Å²) in [6, 6.07) is 7.84. The standard InChI is InChI=1S/C20H33N3O2/c1-15-9-11-23(12-10-15)18-7-5-17(6-8-18)22-19(25)21-14-20(3,4)13-16(2)24/h5-8,15-16,24H,9-14H2,1-4H3,(H2,21,22,25). The van der Waals surface area contributed by atoms with Crippen LogP contribution in [0.2, 0.25) is 0 Å². The van der Waals surface area contributed by atoms with Crippen LogP contribution in [-0.2, 0) is 0 Å². The Labute approximate surface area is 151 Å². The molecular weight excluding hydrogens is 314 g/mol. The molecule has 0 aliphatic carbocycles. The van der Waals surface area contributed by atoms with Crippen molar-refractivity contribution in [3.63, 3.8) is 0 Å². The van der Waals surface area contributed by atoms with Crippen molar-refractivity contribution in [2.24, 2.45) is 11.3 Å². The molecule has 0 spiro atoms. The van der Waals surface area contributed by atoms with Crippen LogP contribution in [0.4, 0.5) is 16.2 Å². The highest BCUT2D eigenvalue weighted by molar-refractivity contribution is 5.89. The Morgan fingerprint density at radius 1 is 1.28 bits per heavy atom. The monoisotopic (exact) mass is 347 g/mol. The average molecular weight is 348 g/mol. The first-order chi connectivity index (χ1) is 11.7. The van der Waals surface area contributed by atoms with E-state index in [0.29, 0.717) is 13.0 Å². The number of nitrogens with zero attached hydrogens (tertiary/aromatic N) is 1. The molecule has 0 saturated carbocycles. The van der Waals surface area contributed by atoms with E-state index in [1.54, 1.807) is 6.92 Å². The molecule has 0 radical (unpaired) electrons. The first kappa shape index (κ1) is 19.6. The van der Waals surface area contributed by atoms with Gasteiger partial charge in [0, 0.05) is 31.0 Å². The second-order valence-corrected chi connectivity index (χ2v) is 8.24. The number of nitrogens with one attached hydrogen (secondary N) is 2. The van der Waals surface area contributed by atoms with Gasteiger partial charge in [0.2, 0.25) is 0 Å². The fraction of sp³-hybridized carbons (Fsp3) is 0.650. The molecule has 0 aromatic heterocycles. The normalized spacial score (nSPS) is 17.2. The molecule has 2 amide bonds. The molecule has 25 heavy (non-hydrogen) atoms. The predicted octanol–water partition coefficient (Wildman–Crippen LogP) is 3.84. The molecule has 0 bridgehead atoms. The van der Waals surface area contributed by atoms with Crippen molar-refractivity contribution in [3.05, 3.63) is 24.3 Å². The molecule has 5 heteroatoms. The first-order valence-corrected chi connectivity index (χ1v) is 9.33. The number of piperidine rings is 1. The third kappa shape index (κ3) is 6.58. The number of benzene rings is 1. The number of hydrogen-bond acceptors (Lipinski definition) is 3. The zero-order valence-electron chi connectivity index (χ0n) is 16.0. The van der Waals surface area contributed by atoms with Gasteiger partial charge in [0.15, 0.2) is 0 Å². The van der Waals surface area contributed by atoms with E-state index in [9.17, 15) is 9.90 Å². The van der Waals surface area contributed by atoms with Gasteiger partial charge in [0.05, 0.1) is 6.10 Å². The minimum absolute atomic E-state index is 0.138. The summed E-state index contributed by atoms with van der Waals surface area (Å²) in [4.78, 5) is 14.5. The fourth-order valence-corrected chi connectivity index (χ4v) is 3.39. The number of carbonyl (C=O) groups excluding carboxylic acids is 1. The van der Waals surface area contributed by atoms with E-state index in [0.717, 1.165) is 24.7 Å². The van der Waals surface area contributed by atoms with Crippen LogP contribution in [0.1, 0.15) is 47.0 Å². The highest BCUT2D eigenvalue weighted by Gasteiger charge is 2.21. The summed E-state index contributed by atoms with van der Waals surface area (Å²) in [6.07, 6.45) is 2.76. The third-order valence-corrected chi connectivity index (χ3v) is 4.85. The number of amides is 2. The first-order valence-electron chi connectivity index (χ1n) is 9.33. The van der Waals surface area contributed by atoms with Crippen molar-refractivity contribution >= 4 is 17.4 Å². The SMILES string of the molecule is CC(O)CC(C)(C)CNC(=O)Nc1ccc(N2CCC(C)CC2)cc1. The van der Waals surface area contributed by atoms with Gasteiger partial charge in [0.25, 0.3) is 0 Å². The number of urea groups is 1. The zero-order valence-corrected chi connectivity index (χ0v) is 16.0. The molecule has 3 N–H and O–H groups in total. The molecule has 1 aliphatic heterocycles. The highest BCUT2D eigenvalue weighted by atomic mass is 16.3. The summed E-state index contributed by atoms with van der Waals surface area (Å²) in [5.74, 6) is 0.818. The van der Waals surface area contributed by atoms with Crippen LogP contribution in [0.5, 0.6) is 0 Å². The van der Waals surface area contributed by atoms with Crippen molar-refractivity contribution in [1.29, 1.82) is 0 Å². The van der Waals surface area contributed by atoms with E-state index in [2.05, 4.69) is 34.6 Å². The maximum Gasteiger partial charge on any atom is 0.319 e. The summed E-state index contributed by atoms with van der Waals surface area (Å²) in [7, 11) is 0. The molecule has 140 valence electrons. The van der Waals surface area contributed by atoms with Crippen LogP contribution in [0.3, 0.4) is 0 Å². The van der Waals surface area contributed by atoms with E-state index < -0.39 is 0 Å². The lowest BCUT2D eigenvalue weighted by Gasteiger charge is -2.32. The molecule has 1 fully saturated rings. The smallest absolute Gasteiger partial charge is 0.319 e. The number of hydrogen-bond donors (Lipinski definition) is 3. The number of rotatable bonds is 6. The quantitative estimate of drug-likeness (QED) is 0.732. The molecule has 1 atom stereocenters. The lowest BCUT2D eigenvalue weighted by molar-refractivity contribution is 0.129. The number of aliphatic hydroxyl groups is 1. The summed E-state index contributed by atoms with van der Waals surface area (Å²) in [5.41, 5.74) is 1.87. The van der Waals surface area contributed by atoms with Crippen molar-refractivity contribution in [2.45, 2.75) is 53.1 Å². The van der Waals surface area contributed by atoms with Crippen LogP contribution in [0.25, 0.3) is 0 Å². The summed E-state index contributed by atoms with van der Waals surface area (Å²) >= 11 is 0. The van der Waals surface area contributed by atoms with Crippen LogP contribution in [0.15, 0.2) is 24.3 Å². The van der Waals surface area contributed by atoms with Crippen LogP contribution < -0.4 is 15.5 Å². The molecule has 1 heterocycles. The molecule has 1 aliphatic rings. The molecule has 1 aromatic rings. The highest BCUT2D eigenvalue weighted by Crippen LogP contribution is 2.24. The van der Waals surface area contributed by atoms with Crippen molar-refractivity contribution < 1.29 is 9.90 Å². The maximum absolute atomic E-state index is 12.1. The molecule has 1 aromatic carbocycles. The largest absolute Gasteiger partial charge is 0.393 e. The van der Waals surface area contributed by atoms with Gasteiger partial charge < -0.3 is 20.6 Å². The topological polar surface area (TPSA) is 64.6 Å². The second-order valence-electron chi connectivity index (χ2n) is 8.24. The Balaban J connectivity index is 1.81. The van der Waals surface area contributed by atoms with Gasteiger partial charge in [-0.1, -0.05) is 20.8 Å². The van der Waals surface area contributed by atoms with E-state index in [1.165, 1.54) is 18.5 Å². The van der Waals surface area contributed by atoms with Crippen molar-refractivity contribution in [1.82, 2.24) is 5.32 Å². The Hall–Kier alpha value is -1.75. The van der Waals surface area contributed by atoms with Gasteiger partial charge in [-0.15, -0.1) is 0 Å². The molecule has 1 saturated heterocycles. The van der Waals surface area contributed by atoms with E-state index in [1.807, 2.05) is 26.0 Å². The van der Waals surface area contributed by atoms with Crippen LogP contribution in [0, 0.1) is 11.3 Å². The zero-order chi connectivity index (χ0) is 18.4. The molecule has 1 unspecified atom stereocenters. The Kier molecular flexibility index (Phi) is 6.71. The van der Waals surface area contributed by atoms with Crippen LogP contribution >= 0.6 is 0 Å². The maximum atomic E-state index is 12.1. The van der Waals surface area contributed by atoms with Gasteiger partial charge in [-0.05, 0) is 61.8 Å². The molecule has 2 rings (SSSR count). The lowest BCUT2D eigenvalue weighted by Crippen LogP contribution is -2.38. The van der Waals surface area contributed by atoms with E-state index in [-0.39, 0.29) is 17.6 Å². The average Bonchev–Trinajstić information content (AvgIpc) is 2.54. The van der Waals surface area contributed by atoms with Gasteiger partial charge in [-0.25, -0.2) is 4.79 Å². The summed E-state index contributed by atoms with van der Waals surface area (Å²) in [5, 5.41) is 15.3. The number of aliphatic hydroxyl groups excluding tert-OH is 1. The minimum Gasteiger partial charge on any atom is -0.393 e. The fourth-order valence-electron chi connectivity index (χ4n) is 3.39.